The SMILES string of the molecule is C=CCNC(=O)NCC(OC)c1ccc(C)s1. The van der Waals surface area contributed by atoms with Gasteiger partial charge in [0.1, 0.15) is 6.10 Å². The van der Waals surface area contributed by atoms with Gasteiger partial charge in [-0.3, -0.25) is 0 Å². The molecule has 0 aliphatic carbocycles. The van der Waals surface area contributed by atoms with Gasteiger partial charge in [0.15, 0.2) is 0 Å². The maximum atomic E-state index is 11.3. The largest absolute Gasteiger partial charge is 0.374 e. The standard InChI is InChI=1S/C12H18N2O2S/c1-4-7-13-12(15)14-8-10(16-3)11-6-5-9(2)17-11/h4-6,10H,1,7-8H2,2-3H3,(H2,13,14,15). The highest BCUT2D eigenvalue weighted by atomic mass is 32.1. The van der Waals surface area contributed by atoms with Crippen LogP contribution in [0.2, 0.25) is 0 Å². The highest BCUT2D eigenvalue weighted by molar-refractivity contribution is 7.12. The summed E-state index contributed by atoms with van der Waals surface area (Å²) in [4.78, 5) is 13.7. The molecule has 0 saturated heterocycles. The van der Waals surface area contributed by atoms with Crippen molar-refractivity contribution in [3.05, 3.63) is 34.5 Å². The van der Waals surface area contributed by atoms with Crippen LogP contribution in [0.15, 0.2) is 24.8 Å². The average Bonchev–Trinajstić information content (AvgIpc) is 2.74. The van der Waals surface area contributed by atoms with Gasteiger partial charge in [-0.2, -0.15) is 0 Å². The topological polar surface area (TPSA) is 50.4 Å². The molecule has 0 bridgehead atoms. The number of ether oxygens (including phenoxy) is 1. The lowest BCUT2D eigenvalue weighted by atomic mass is 10.3. The quantitative estimate of drug-likeness (QED) is 0.765. The molecule has 1 heterocycles. The van der Waals surface area contributed by atoms with E-state index in [0.29, 0.717) is 13.1 Å². The van der Waals surface area contributed by atoms with Gasteiger partial charge in [0.25, 0.3) is 0 Å². The maximum absolute atomic E-state index is 11.3. The molecule has 2 amide bonds. The van der Waals surface area contributed by atoms with Gasteiger partial charge in [-0.1, -0.05) is 6.08 Å². The normalized spacial score (nSPS) is 11.9. The lowest BCUT2D eigenvalue weighted by molar-refractivity contribution is 0.107. The van der Waals surface area contributed by atoms with Gasteiger partial charge in [0.2, 0.25) is 0 Å². The van der Waals surface area contributed by atoms with Gasteiger partial charge >= 0.3 is 6.03 Å². The minimum atomic E-state index is -0.208. The van der Waals surface area contributed by atoms with Crippen LogP contribution in [0.25, 0.3) is 0 Å². The van der Waals surface area contributed by atoms with E-state index in [9.17, 15) is 4.79 Å². The van der Waals surface area contributed by atoms with E-state index in [1.807, 2.05) is 19.1 Å². The Kier molecular flexibility index (Phi) is 5.72. The predicted octanol–water partition coefficient (Wildman–Crippen LogP) is 2.23. The number of carbonyl (C=O) groups excluding carboxylic acids is 1. The van der Waals surface area contributed by atoms with Crippen LogP contribution in [0.1, 0.15) is 15.9 Å². The monoisotopic (exact) mass is 254 g/mol. The molecule has 0 aliphatic heterocycles. The number of aryl methyl sites for hydroxylation is 1. The highest BCUT2D eigenvalue weighted by Gasteiger charge is 2.13. The number of rotatable bonds is 6. The van der Waals surface area contributed by atoms with Crippen molar-refractivity contribution < 1.29 is 9.53 Å². The summed E-state index contributed by atoms with van der Waals surface area (Å²) in [5.74, 6) is 0. The van der Waals surface area contributed by atoms with E-state index in [1.165, 1.54) is 4.88 Å². The van der Waals surface area contributed by atoms with Crippen LogP contribution in [-0.4, -0.2) is 26.2 Å². The predicted molar refractivity (Wildman–Crippen MR) is 70.4 cm³/mol. The fourth-order valence-corrected chi connectivity index (χ4v) is 2.29. The second-order valence-electron chi connectivity index (χ2n) is 3.55. The van der Waals surface area contributed by atoms with Crippen LogP contribution >= 0.6 is 11.3 Å². The maximum Gasteiger partial charge on any atom is 0.315 e. The molecule has 2 N–H and O–H groups in total. The summed E-state index contributed by atoms with van der Waals surface area (Å²) in [6.45, 7) is 6.49. The Labute approximate surface area is 106 Å². The zero-order valence-electron chi connectivity index (χ0n) is 10.2. The Bertz CT molecular complexity index is 376. The zero-order chi connectivity index (χ0) is 12.7. The fourth-order valence-electron chi connectivity index (χ4n) is 1.34. The van der Waals surface area contributed by atoms with E-state index in [-0.39, 0.29) is 12.1 Å². The smallest absolute Gasteiger partial charge is 0.315 e. The summed E-state index contributed by atoms with van der Waals surface area (Å²) in [5, 5.41) is 5.41. The van der Waals surface area contributed by atoms with E-state index < -0.39 is 0 Å². The van der Waals surface area contributed by atoms with Crippen LogP contribution in [0.5, 0.6) is 0 Å². The number of urea groups is 1. The third-order valence-electron chi connectivity index (χ3n) is 2.22. The van der Waals surface area contributed by atoms with Crippen molar-refractivity contribution in [1.82, 2.24) is 10.6 Å². The van der Waals surface area contributed by atoms with Gasteiger partial charge < -0.3 is 15.4 Å². The minimum Gasteiger partial charge on any atom is -0.374 e. The molecule has 94 valence electrons. The van der Waals surface area contributed by atoms with Crippen LogP contribution in [0.3, 0.4) is 0 Å². The molecule has 0 radical (unpaired) electrons. The van der Waals surface area contributed by atoms with E-state index in [1.54, 1.807) is 24.5 Å². The first-order valence-corrected chi connectivity index (χ1v) is 6.20. The van der Waals surface area contributed by atoms with Crippen LogP contribution < -0.4 is 10.6 Å². The summed E-state index contributed by atoms with van der Waals surface area (Å²) >= 11 is 1.68. The number of nitrogens with one attached hydrogen (secondary N) is 2. The lowest BCUT2D eigenvalue weighted by Gasteiger charge is -2.14. The zero-order valence-corrected chi connectivity index (χ0v) is 11.0. The van der Waals surface area contributed by atoms with Crippen LogP contribution in [-0.2, 0) is 4.74 Å². The molecule has 0 saturated carbocycles. The molecule has 1 rings (SSSR count). The van der Waals surface area contributed by atoms with E-state index in [2.05, 4.69) is 17.2 Å². The molecule has 0 aromatic carbocycles. The van der Waals surface area contributed by atoms with Gasteiger partial charge in [-0.25, -0.2) is 4.79 Å². The van der Waals surface area contributed by atoms with Crippen molar-refractivity contribution in [2.45, 2.75) is 13.0 Å². The number of hydrogen-bond donors (Lipinski definition) is 2. The molecular weight excluding hydrogens is 236 g/mol. The molecule has 1 aromatic heterocycles. The van der Waals surface area contributed by atoms with Crippen molar-refractivity contribution >= 4 is 17.4 Å². The first-order valence-electron chi connectivity index (χ1n) is 5.39. The summed E-state index contributed by atoms with van der Waals surface area (Å²) < 4.78 is 5.35. The fraction of sp³-hybridized carbons (Fsp3) is 0.417. The average molecular weight is 254 g/mol. The first kappa shape index (κ1) is 13.7. The van der Waals surface area contributed by atoms with Crippen molar-refractivity contribution in [2.24, 2.45) is 0 Å². The number of carbonyl (C=O) groups is 1. The highest BCUT2D eigenvalue weighted by Crippen LogP contribution is 2.24. The third kappa shape index (κ3) is 4.58. The Morgan fingerprint density at radius 1 is 1.59 bits per heavy atom. The van der Waals surface area contributed by atoms with Gasteiger partial charge in [-0.05, 0) is 19.1 Å². The molecule has 17 heavy (non-hydrogen) atoms. The van der Waals surface area contributed by atoms with Crippen molar-refractivity contribution in [2.75, 3.05) is 20.2 Å². The summed E-state index contributed by atoms with van der Waals surface area (Å²) in [7, 11) is 1.64. The van der Waals surface area contributed by atoms with Gasteiger partial charge in [-0.15, -0.1) is 17.9 Å². The van der Waals surface area contributed by atoms with Gasteiger partial charge in [0.05, 0.1) is 6.54 Å². The van der Waals surface area contributed by atoms with Crippen molar-refractivity contribution in [3.8, 4) is 0 Å². The van der Waals surface area contributed by atoms with Crippen molar-refractivity contribution in [3.63, 3.8) is 0 Å². The number of amides is 2. The molecule has 5 heteroatoms. The Hall–Kier alpha value is -1.33. The third-order valence-corrected chi connectivity index (χ3v) is 3.31. The van der Waals surface area contributed by atoms with Gasteiger partial charge in [0, 0.05) is 23.4 Å². The lowest BCUT2D eigenvalue weighted by Crippen LogP contribution is -2.37. The Morgan fingerprint density at radius 2 is 2.35 bits per heavy atom. The molecule has 0 spiro atoms. The summed E-state index contributed by atoms with van der Waals surface area (Å²) in [6.07, 6.45) is 1.54. The number of hydrogen-bond acceptors (Lipinski definition) is 3. The number of thiophene rings is 1. The molecule has 1 aromatic rings. The molecule has 0 fully saturated rings. The number of methoxy groups -OCH3 is 1. The van der Waals surface area contributed by atoms with E-state index in [4.69, 9.17) is 4.74 Å². The Balaban J connectivity index is 2.42. The second kappa shape index (κ2) is 7.09. The molecule has 1 atom stereocenters. The van der Waals surface area contributed by atoms with Crippen LogP contribution in [0.4, 0.5) is 4.79 Å². The van der Waals surface area contributed by atoms with E-state index >= 15 is 0 Å². The molecular formula is C12H18N2O2S. The summed E-state index contributed by atoms with van der Waals surface area (Å²) in [5.41, 5.74) is 0. The summed E-state index contributed by atoms with van der Waals surface area (Å²) in [6, 6.07) is 3.86. The molecule has 0 aliphatic rings. The van der Waals surface area contributed by atoms with Crippen molar-refractivity contribution in [1.29, 1.82) is 0 Å². The minimum absolute atomic E-state index is 0.0943. The molecule has 1 unspecified atom stereocenters. The van der Waals surface area contributed by atoms with E-state index in [0.717, 1.165) is 4.88 Å². The molecule has 4 nitrogen and oxygen atoms in total. The Morgan fingerprint density at radius 3 is 2.88 bits per heavy atom. The first-order chi connectivity index (χ1) is 8.17. The second-order valence-corrected chi connectivity index (χ2v) is 4.87. The van der Waals surface area contributed by atoms with Crippen LogP contribution in [0, 0.1) is 6.92 Å².